The molecule has 3 rings (SSSR count). The van der Waals surface area contributed by atoms with Crippen LogP contribution in [0.3, 0.4) is 0 Å². The van der Waals surface area contributed by atoms with Crippen LogP contribution in [0.25, 0.3) is 0 Å². The summed E-state index contributed by atoms with van der Waals surface area (Å²) in [5.41, 5.74) is 0. The number of rotatable bonds is 3. The summed E-state index contributed by atoms with van der Waals surface area (Å²) < 4.78 is 0.584. The predicted molar refractivity (Wildman–Crippen MR) is 77.8 cm³/mol. The molecular weight excluding hydrogens is 299 g/mol. The van der Waals surface area contributed by atoms with Crippen LogP contribution in [-0.4, -0.2) is 0 Å². The van der Waals surface area contributed by atoms with Crippen molar-refractivity contribution in [3.63, 3.8) is 0 Å². The minimum absolute atomic E-state index is 0.195. The molecule has 0 saturated heterocycles. The second kappa shape index (κ2) is 4.39. The van der Waals surface area contributed by atoms with Crippen LogP contribution >= 0.6 is 18.6 Å². The van der Waals surface area contributed by atoms with Crippen molar-refractivity contribution in [2.45, 2.75) is 12.7 Å². The van der Waals surface area contributed by atoms with E-state index in [1.807, 2.05) is 0 Å². The Morgan fingerprint density at radius 3 is 0.944 bits per heavy atom. The first-order valence-corrected chi connectivity index (χ1v) is 13.2. The van der Waals surface area contributed by atoms with Gasteiger partial charge in [0.05, 0.1) is 0 Å². The normalized spacial score (nSPS) is 25.6. The van der Waals surface area contributed by atoms with Crippen LogP contribution in [-0.2, 0) is 13.2 Å². The quantitative estimate of drug-likeness (QED) is 0.584. The van der Waals surface area contributed by atoms with Crippen molar-refractivity contribution in [1.82, 2.24) is 0 Å². The summed E-state index contributed by atoms with van der Waals surface area (Å²) in [5, 5.41) is 0. The Labute approximate surface area is 117 Å². The Morgan fingerprint density at radius 1 is 0.500 bits per heavy atom. The molecular formula is C15H15Cl2Ti. The summed E-state index contributed by atoms with van der Waals surface area (Å²) in [5.74, 6) is 0. The van der Waals surface area contributed by atoms with E-state index in [4.69, 9.17) is 18.6 Å². The topological polar surface area (TPSA) is 0 Å². The van der Waals surface area contributed by atoms with Gasteiger partial charge in [-0.2, -0.15) is 0 Å². The molecule has 0 nitrogen and oxygen atoms in total. The molecule has 3 heteroatoms. The molecule has 0 radical (unpaired) electrons. The van der Waals surface area contributed by atoms with Gasteiger partial charge in [-0.25, -0.2) is 0 Å². The molecule has 0 aromatic rings. The van der Waals surface area contributed by atoms with Gasteiger partial charge in [-0.3, -0.25) is 0 Å². The summed E-state index contributed by atoms with van der Waals surface area (Å²) >= 11 is -3.82. The summed E-state index contributed by atoms with van der Waals surface area (Å²) in [7, 11) is 14.5. The van der Waals surface area contributed by atoms with Gasteiger partial charge in [0.15, 0.2) is 0 Å². The summed E-state index contributed by atoms with van der Waals surface area (Å²) in [4.78, 5) is 0. The average Bonchev–Trinajstić information content (AvgIpc) is 3.13. The van der Waals surface area contributed by atoms with Gasteiger partial charge >= 0.3 is 117 Å². The van der Waals surface area contributed by atoms with Crippen LogP contribution in [0.15, 0.2) is 72.9 Å². The standard InChI is InChI=1S/3C5H5.2ClH.Ti/c3*1-2-4-5-3-1;;;/h3*1-5H;2*1H;/q;;;;;+2/p-2. The third kappa shape index (κ3) is 1.71. The fourth-order valence-electron chi connectivity index (χ4n) is 3.07. The van der Waals surface area contributed by atoms with Gasteiger partial charge in [-0.05, 0) is 0 Å². The van der Waals surface area contributed by atoms with Crippen molar-refractivity contribution in [1.29, 1.82) is 0 Å². The Morgan fingerprint density at radius 2 is 0.722 bits per heavy atom. The molecule has 3 aliphatic carbocycles. The molecule has 0 atom stereocenters. The third-order valence-electron chi connectivity index (χ3n) is 4.15. The summed E-state index contributed by atoms with van der Waals surface area (Å²) in [6.07, 6.45) is 25.3. The van der Waals surface area contributed by atoms with E-state index in [2.05, 4.69) is 72.9 Å². The SMILES string of the molecule is [Cl][Ti]([Cl])([CH]1C=CC=C1)([CH]1C=CC=C1)[CH]1C=CC=C1. The van der Waals surface area contributed by atoms with Crippen LogP contribution in [0.4, 0.5) is 0 Å². The first kappa shape index (κ1) is 12.8. The van der Waals surface area contributed by atoms with Crippen molar-refractivity contribution in [3.05, 3.63) is 72.9 Å². The fraction of sp³-hybridized carbons (Fsp3) is 0.200. The zero-order valence-electron chi connectivity index (χ0n) is 9.92. The fourth-order valence-corrected chi connectivity index (χ4v) is 13.2. The number of halogens is 2. The summed E-state index contributed by atoms with van der Waals surface area (Å²) in [6.45, 7) is 0. The van der Waals surface area contributed by atoms with Gasteiger partial charge in [0.2, 0.25) is 0 Å². The van der Waals surface area contributed by atoms with E-state index >= 15 is 0 Å². The third-order valence-corrected chi connectivity index (χ3v) is 18.2. The summed E-state index contributed by atoms with van der Waals surface area (Å²) in [6, 6.07) is 0. The van der Waals surface area contributed by atoms with Crippen LogP contribution in [0, 0.1) is 0 Å². The van der Waals surface area contributed by atoms with E-state index in [0.29, 0.717) is 0 Å². The van der Waals surface area contributed by atoms with Crippen molar-refractivity contribution >= 4 is 18.6 Å². The number of hydrogen-bond acceptors (Lipinski definition) is 0. The van der Waals surface area contributed by atoms with Gasteiger partial charge in [-0.15, -0.1) is 0 Å². The maximum atomic E-state index is 7.26. The van der Waals surface area contributed by atoms with Crippen molar-refractivity contribution in [2.75, 3.05) is 0 Å². The molecule has 93 valence electrons. The molecule has 0 amide bonds. The molecule has 0 spiro atoms. The van der Waals surface area contributed by atoms with E-state index in [0.717, 1.165) is 0 Å². The Balaban J connectivity index is 2.12. The molecule has 0 unspecified atom stereocenters. The minimum atomic E-state index is -3.82. The van der Waals surface area contributed by atoms with Crippen LogP contribution in [0.5, 0.6) is 0 Å². The van der Waals surface area contributed by atoms with E-state index in [1.165, 1.54) is 0 Å². The molecule has 0 aromatic heterocycles. The average molecular weight is 314 g/mol. The van der Waals surface area contributed by atoms with Crippen molar-refractivity contribution < 1.29 is 13.2 Å². The monoisotopic (exact) mass is 313 g/mol. The molecule has 0 fully saturated rings. The molecule has 18 heavy (non-hydrogen) atoms. The molecule has 0 N–H and O–H groups in total. The zero-order chi connectivity index (χ0) is 12.7. The van der Waals surface area contributed by atoms with Crippen LogP contribution < -0.4 is 0 Å². The Bertz CT molecular complexity index is 423. The van der Waals surface area contributed by atoms with Crippen molar-refractivity contribution in [2.24, 2.45) is 0 Å². The predicted octanol–water partition coefficient (Wildman–Crippen LogP) is 5.73. The van der Waals surface area contributed by atoms with Crippen LogP contribution in [0.1, 0.15) is 0 Å². The molecule has 0 aromatic carbocycles. The van der Waals surface area contributed by atoms with E-state index < -0.39 is 13.2 Å². The van der Waals surface area contributed by atoms with Gasteiger partial charge < -0.3 is 0 Å². The number of allylic oxidation sites excluding steroid dienone is 12. The molecule has 0 saturated carbocycles. The van der Waals surface area contributed by atoms with Gasteiger partial charge in [0.25, 0.3) is 0 Å². The second-order valence-corrected chi connectivity index (χ2v) is 19.8. The van der Waals surface area contributed by atoms with Gasteiger partial charge in [0, 0.05) is 0 Å². The molecule has 3 aliphatic rings. The van der Waals surface area contributed by atoms with Gasteiger partial charge in [0.1, 0.15) is 0 Å². The molecule has 0 aliphatic heterocycles. The first-order chi connectivity index (χ1) is 8.62. The molecule has 0 bridgehead atoms. The van der Waals surface area contributed by atoms with Crippen LogP contribution in [0.2, 0.25) is 12.7 Å². The Kier molecular flexibility index (Phi) is 3.11. The number of hydrogen-bond donors (Lipinski definition) is 0. The van der Waals surface area contributed by atoms with Crippen molar-refractivity contribution in [3.8, 4) is 0 Å². The van der Waals surface area contributed by atoms with Gasteiger partial charge in [-0.1, -0.05) is 0 Å². The Hall–Kier alpha value is -0.266. The van der Waals surface area contributed by atoms with E-state index in [1.54, 1.807) is 0 Å². The second-order valence-electron chi connectivity index (χ2n) is 5.11. The van der Waals surface area contributed by atoms with E-state index in [-0.39, 0.29) is 12.7 Å². The first-order valence-electron chi connectivity index (χ1n) is 6.24. The zero-order valence-corrected chi connectivity index (χ0v) is 13.0. The molecule has 0 heterocycles. The van der Waals surface area contributed by atoms with E-state index in [9.17, 15) is 0 Å². The maximum absolute atomic E-state index is 7.26.